The normalized spacial score (nSPS) is 24.9. The van der Waals surface area contributed by atoms with Crippen molar-refractivity contribution in [2.45, 2.75) is 402 Å². The number of carbonyl (C=O) groups is 10. The Labute approximate surface area is 787 Å². The molecule has 9 rings (SSSR count). The number of rotatable bonds is 40. The molecule has 0 radical (unpaired) electrons. The highest BCUT2D eigenvalue weighted by molar-refractivity contribution is 7.83. The number of unbranched alkanes of at least 4 members (excludes halogenated alkanes) is 3. The van der Waals surface area contributed by atoms with Crippen LogP contribution in [0.25, 0.3) is 0 Å². The zero-order valence-electron chi connectivity index (χ0n) is 85.5. The summed E-state index contributed by atoms with van der Waals surface area (Å²) >= 11 is 0. The largest absolute Gasteiger partial charge is 0.481 e. The molecular weight excluding hydrogens is 1740 g/mol. The molecule has 9 N–H and O–H groups in total. The Morgan fingerprint density at radius 2 is 0.864 bits per heavy atom. The average Bonchev–Trinajstić information content (AvgIpc) is 1.12. The molecule has 34 heteroatoms. The summed E-state index contributed by atoms with van der Waals surface area (Å²) < 4.78 is 116. The number of alkyl halides is 3. The number of hydrogen-bond acceptors (Lipinski definition) is 27. The van der Waals surface area contributed by atoms with E-state index in [9.17, 15) is 79.7 Å². The van der Waals surface area contributed by atoms with Crippen molar-refractivity contribution >= 4 is 70.0 Å². The summed E-state index contributed by atoms with van der Waals surface area (Å²) in [5, 5.41) is 63.4. The molecule has 1 saturated heterocycles. The van der Waals surface area contributed by atoms with Crippen molar-refractivity contribution in [1.29, 1.82) is 0 Å². The van der Waals surface area contributed by atoms with E-state index in [0.29, 0.717) is 88.3 Å². The van der Waals surface area contributed by atoms with E-state index in [2.05, 4.69) is 11.7 Å². The first-order chi connectivity index (χ1) is 60.5. The highest BCUT2D eigenvalue weighted by Gasteiger charge is 2.64. The monoisotopic (exact) mass is 1920 g/mol. The van der Waals surface area contributed by atoms with Gasteiger partial charge in [0.2, 0.25) is 0 Å². The summed E-state index contributed by atoms with van der Waals surface area (Å²) in [5.74, 6) is -0.809. The topological polar surface area (TPSA) is 462 Å². The maximum Gasteiger partial charge on any atom is 0.416 e. The Morgan fingerprint density at radius 1 is 0.455 bits per heavy atom. The highest BCUT2D eigenvalue weighted by Crippen LogP contribution is 2.60. The van der Waals surface area contributed by atoms with E-state index in [1.54, 1.807) is 53.2 Å². The van der Waals surface area contributed by atoms with Crippen molar-refractivity contribution in [3.05, 3.63) is 0 Å². The lowest BCUT2D eigenvalue weighted by molar-refractivity contribution is -0.259. The van der Waals surface area contributed by atoms with Gasteiger partial charge >= 0.3 is 76.2 Å². The molecule has 30 nitrogen and oxygen atoms in total. The van der Waals surface area contributed by atoms with E-state index < -0.39 is 82.9 Å². The van der Waals surface area contributed by atoms with Gasteiger partial charge in [0.15, 0.2) is 5.60 Å². The third kappa shape index (κ3) is 39.9. The van der Waals surface area contributed by atoms with Gasteiger partial charge in [-0.25, -0.2) is 0 Å². The highest BCUT2D eigenvalue weighted by atomic mass is 32.2. The van der Waals surface area contributed by atoms with Gasteiger partial charge in [-0.15, -0.1) is 0 Å². The van der Waals surface area contributed by atoms with E-state index >= 15 is 0 Å². The summed E-state index contributed by atoms with van der Waals surface area (Å²) in [6, 6.07) is 0. The molecule has 8 bridgehead atoms. The van der Waals surface area contributed by atoms with Gasteiger partial charge in [-0.1, -0.05) is 95.4 Å². The maximum atomic E-state index is 12.8. The van der Waals surface area contributed by atoms with Gasteiger partial charge in [-0.3, -0.25) is 52.5 Å². The number of nitrogens with one attached hydrogen (secondary N) is 1. The van der Waals surface area contributed by atoms with Gasteiger partial charge in [0.1, 0.15) is 43.7 Å². The zero-order valence-corrected chi connectivity index (χ0v) is 86.3. The predicted molar refractivity (Wildman–Crippen MR) is 493 cm³/mol. The first-order valence-electron chi connectivity index (χ1n) is 48.2. The lowest BCUT2D eigenvalue weighted by atomic mass is 9.52. The van der Waals surface area contributed by atoms with Crippen molar-refractivity contribution < 1.29 is 152 Å². The fraction of sp³-hybridized carbons (Fsp3) is 0.898. The Balaban J connectivity index is 0.00000149. The van der Waals surface area contributed by atoms with E-state index in [1.807, 2.05) is 132 Å². The van der Waals surface area contributed by atoms with E-state index in [0.717, 1.165) is 96.8 Å². The molecule has 0 aromatic rings. The summed E-state index contributed by atoms with van der Waals surface area (Å²) in [6.07, 6.45) is 15.8. The SMILES string of the molecule is CCC(C)(C)C(=O)O.CCC(C)(C)C(=O)OC12CC3CC(CC(O)(C3)C1)C2.CCC(C)(C)C(=O)OC1C2CC3C(=O)OC1C3C2.CCC(C)(C)C(=O)OC1CC2CC1CC2CC(C)(O)C(F)(F)F.CCC(C)(C)C(=O)OCCNS(=O)(=O)O.CCC(C)(C)C(=O)OCCO.CCC(C)(CO)C(=O)OCCO.CCCCCCOC(=O)C(C)(C)CC.CCCOC(=O)C(C)(CC)CO. The number of esters is 9. The maximum absolute atomic E-state index is 12.8. The van der Waals surface area contributed by atoms with E-state index in [-0.39, 0.29) is 160 Å². The number of halogens is 3. The number of fused-ring (bicyclic) bond motifs is 3. The molecule has 14 unspecified atom stereocenters. The van der Waals surface area contributed by atoms with Crippen molar-refractivity contribution in [3.63, 3.8) is 0 Å². The van der Waals surface area contributed by atoms with Gasteiger partial charge in [-0.2, -0.15) is 26.3 Å². The van der Waals surface area contributed by atoms with E-state index in [4.69, 9.17) is 68.0 Å². The van der Waals surface area contributed by atoms with Crippen LogP contribution >= 0.6 is 0 Å². The van der Waals surface area contributed by atoms with Crippen LogP contribution in [0, 0.1) is 96.1 Å². The number of aliphatic carboxylic acids is 1. The molecule has 8 saturated carbocycles. The summed E-state index contributed by atoms with van der Waals surface area (Å²) in [7, 11) is -4.20. The first kappa shape index (κ1) is 126. The second-order valence-corrected chi connectivity index (χ2v) is 43.8. The van der Waals surface area contributed by atoms with Crippen molar-refractivity contribution in [3.8, 4) is 0 Å². The minimum Gasteiger partial charge on any atom is -0.481 e. The van der Waals surface area contributed by atoms with Gasteiger partial charge in [0.05, 0.1) is 99.9 Å². The second-order valence-electron chi connectivity index (χ2n) is 42.6. The molecule has 774 valence electrons. The molecule has 9 fully saturated rings. The number of ether oxygens (including phenoxy) is 9. The van der Waals surface area contributed by atoms with Gasteiger partial charge in [0, 0.05) is 24.8 Å². The number of hydrogen-bond donors (Lipinski definition) is 9. The minimum absolute atomic E-state index is 0.00553. The minimum atomic E-state index is -4.61. The van der Waals surface area contributed by atoms with Crippen molar-refractivity contribution in [2.75, 3.05) is 66.0 Å². The lowest BCUT2D eigenvalue weighted by Crippen LogP contribution is -2.61. The molecule has 0 spiro atoms. The lowest BCUT2D eigenvalue weighted by Gasteiger charge is -2.59. The number of carbonyl (C=O) groups excluding carboxylic acids is 9. The molecule has 0 aromatic heterocycles. The standard InChI is InChI=1S/C17H27F3O3.C16H26O3.C14H20O4.C12H24O2.C9H18O3.C8H17NO5S.C8H16O4.C8H16O3.C6H12O2/c1-5-15(2,3)14(21)23-13-8-10-6-11(13)7-12(10)9-16(4,22)17(18,19)20;1-4-14(2,3)13(17)19-16-8-11-5-12(9-16)7-15(18,6-11)10-16;1-4-14(2,3)13(16)18-10-7-5-8-9(6-7)12(15)17-11(8)10;1-5-7-8-9-10-14-11(13)12(3,4)6-2;1-4-6-12-8(11)9(3,5-2)7-10;1-4-8(2,3)7(10)14-6-5-9-15(11,12)13;1-3-8(2,6-10)7(11)12-5-4-9;1-4-8(2,3)7(10)11-6-5-9;1-4-6(2,3)5(7)8/h10-13,22H,5-9H2,1-4H3;11-12,18H,4-10H2,1-3H3;7-11H,4-6H2,1-3H3;5-10H2,1-4H3;10H,4-7H2,1-3H3;9H,4-6H2,1-3H3,(H,11,12,13);9-10H,3-6H2,1-2H3;9H,4-6H2,1-3H3;4H2,1-3H3,(H,7,8). The quantitative estimate of drug-likeness (QED) is 0.0119. The van der Waals surface area contributed by atoms with Crippen LogP contribution in [0.2, 0.25) is 0 Å². The van der Waals surface area contributed by atoms with Crippen LogP contribution in [-0.2, 0) is 101 Å². The molecule has 1 aliphatic heterocycles. The molecule has 9 aliphatic rings. The molecule has 0 amide bonds. The van der Waals surface area contributed by atoms with Crippen LogP contribution < -0.4 is 4.72 Å². The number of carboxylic acids is 1. The number of carboxylic acid groups (broad SMARTS) is 1. The van der Waals surface area contributed by atoms with Crippen LogP contribution in [0.3, 0.4) is 0 Å². The number of aliphatic hydroxyl groups is 6. The third-order valence-electron chi connectivity index (χ3n) is 28.7. The molecular formula is C98H176F3NO29S. The van der Waals surface area contributed by atoms with Crippen LogP contribution in [0.5, 0.6) is 0 Å². The van der Waals surface area contributed by atoms with E-state index in [1.165, 1.54) is 19.3 Å². The Hall–Kier alpha value is -5.88. The zero-order chi connectivity index (χ0) is 103. The second kappa shape index (κ2) is 55.1. The fourth-order valence-corrected chi connectivity index (χ4v) is 16.0. The molecule has 14 atom stereocenters. The van der Waals surface area contributed by atoms with Crippen LogP contribution in [0.1, 0.15) is 361 Å². The number of aliphatic hydroxyl groups excluding tert-OH is 4. The fourth-order valence-electron chi connectivity index (χ4n) is 15.7. The Morgan fingerprint density at radius 3 is 1.23 bits per heavy atom. The third-order valence-corrected chi connectivity index (χ3v) is 29.2. The van der Waals surface area contributed by atoms with Crippen LogP contribution in [0.15, 0.2) is 0 Å². The molecule has 132 heavy (non-hydrogen) atoms. The predicted octanol–water partition coefficient (Wildman–Crippen LogP) is 16.7. The smallest absolute Gasteiger partial charge is 0.416 e. The summed E-state index contributed by atoms with van der Waals surface area (Å²) in [6.45, 7) is 51.6. The Kier molecular flexibility index (Phi) is 52.6. The van der Waals surface area contributed by atoms with Crippen LogP contribution in [0.4, 0.5) is 13.2 Å². The van der Waals surface area contributed by atoms with Crippen LogP contribution in [-0.4, -0.2) is 216 Å². The Bertz CT molecular complexity index is 3610. The average molecular weight is 1920 g/mol. The summed E-state index contributed by atoms with van der Waals surface area (Å²) in [5.41, 5.74) is -8.33. The van der Waals surface area contributed by atoms with Crippen molar-refractivity contribution in [2.24, 2.45) is 96.1 Å². The molecule has 8 aliphatic carbocycles. The molecule has 1 heterocycles. The van der Waals surface area contributed by atoms with Gasteiger partial charge in [-0.05, 0) is 289 Å². The van der Waals surface area contributed by atoms with Crippen molar-refractivity contribution in [1.82, 2.24) is 4.72 Å². The summed E-state index contributed by atoms with van der Waals surface area (Å²) in [4.78, 5) is 115. The van der Waals surface area contributed by atoms with Gasteiger partial charge < -0.3 is 78.4 Å². The molecule has 0 aromatic carbocycles. The van der Waals surface area contributed by atoms with Gasteiger partial charge in [0.25, 0.3) is 0 Å². The first-order valence-corrected chi connectivity index (χ1v) is 49.6.